The number of carboxylic acid groups (broad SMARTS) is 1. The van der Waals surface area contributed by atoms with Crippen LogP contribution in [0.2, 0.25) is 0 Å². The van der Waals surface area contributed by atoms with Crippen molar-refractivity contribution in [1.82, 2.24) is 4.90 Å². The van der Waals surface area contributed by atoms with Crippen molar-refractivity contribution in [2.24, 2.45) is 11.5 Å². The molecular formula is C13H15N3O5. The van der Waals surface area contributed by atoms with Crippen molar-refractivity contribution in [3.8, 4) is 0 Å². The molecule has 5 N–H and O–H groups in total. The van der Waals surface area contributed by atoms with Crippen molar-refractivity contribution >= 4 is 23.7 Å². The van der Waals surface area contributed by atoms with Crippen LogP contribution < -0.4 is 11.5 Å². The van der Waals surface area contributed by atoms with Gasteiger partial charge >= 0.3 is 5.97 Å². The van der Waals surface area contributed by atoms with Gasteiger partial charge in [0.2, 0.25) is 17.7 Å². The third-order valence-electron chi connectivity index (χ3n) is 2.64. The van der Waals surface area contributed by atoms with E-state index in [4.69, 9.17) is 16.6 Å². The fourth-order valence-electron chi connectivity index (χ4n) is 1.77. The lowest BCUT2D eigenvalue weighted by atomic mass is 10.0. The van der Waals surface area contributed by atoms with Gasteiger partial charge in [-0.25, -0.2) is 4.79 Å². The molecule has 21 heavy (non-hydrogen) atoms. The molecule has 8 heteroatoms. The third-order valence-corrected chi connectivity index (χ3v) is 2.64. The van der Waals surface area contributed by atoms with Gasteiger partial charge in [0.1, 0.15) is 0 Å². The summed E-state index contributed by atoms with van der Waals surface area (Å²) in [6, 6.07) is 5.95. The number of carbonyl (C=O) groups is 4. The van der Waals surface area contributed by atoms with E-state index in [-0.39, 0.29) is 17.5 Å². The standard InChI is InChI=1S/C13H15N3O5/c14-10(17)6-16(7-11(15)18)12(19)5-8-3-1-2-4-9(8)13(20)21/h1-4H,5-7H2,(H2,14,17)(H2,15,18)(H,20,21). The number of rotatable bonds is 7. The third kappa shape index (κ3) is 4.94. The van der Waals surface area contributed by atoms with Crippen LogP contribution in [0.5, 0.6) is 0 Å². The highest BCUT2D eigenvalue weighted by molar-refractivity contribution is 5.93. The van der Waals surface area contributed by atoms with Crippen LogP contribution in [0.1, 0.15) is 15.9 Å². The normalized spacial score (nSPS) is 9.90. The number of benzene rings is 1. The van der Waals surface area contributed by atoms with Crippen LogP contribution in [-0.4, -0.2) is 46.8 Å². The summed E-state index contributed by atoms with van der Waals surface area (Å²) in [5, 5.41) is 9.03. The lowest BCUT2D eigenvalue weighted by Gasteiger charge is -2.19. The lowest BCUT2D eigenvalue weighted by Crippen LogP contribution is -2.44. The van der Waals surface area contributed by atoms with E-state index in [1.807, 2.05) is 0 Å². The van der Waals surface area contributed by atoms with Crippen molar-refractivity contribution in [2.45, 2.75) is 6.42 Å². The first-order chi connectivity index (χ1) is 9.81. The van der Waals surface area contributed by atoms with E-state index in [2.05, 4.69) is 0 Å². The molecule has 1 aromatic rings. The van der Waals surface area contributed by atoms with Gasteiger partial charge < -0.3 is 21.5 Å². The van der Waals surface area contributed by atoms with Crippen LogP contribution in [0, 0.1) is 0 Å². The van der Waals surface area contributed by atoms with Gasteiger partial charge in [0, 0.05) is 0 Å². The second-order valence-electron chi connectivity index (χ2n) is 4.32. The molecule has 0 bridgehead atoms. The summed E-state index contributed by atoms with van der Waals surface area (Å²) in [6.07, 6.45) is -0.275. The maximum absolute atomic E-state index is 12.1. The molecule has 1 rings (SSSR count). The summed E-state index contributed by atoms with van der Waals surface area (Å²) >= 11 is 0. The number of amides is 3. The van der Waals surface area contributed by atoms with Crippen molar-refractivity contribution < 1.29 is 24.3 Å². The minimum absolute atomic E-state index is 0.0241. The fraction of sp³-hybridized carbons (Fsp3) is 0.231. The van der Waals surface area contributed by atoms with Crippen LogP contribution in [-0.2, 0) is 20.8 Å². The molecule has 0 saturated carbocycles. The van der Waals surface area contributed by atoms with E-state index in [9.17, 15) is 19.2 Å². The molecule has 1 aromatic carbocycles. The molecular weight excluding hydrogens is 278 g/mol. The van der Waals surface area contributed by atoms with Gasteiger partial charge in [0.05, 0.1) is 25.1 Å². The summed E-state index contributed by atoms with van der Waals surface area (Å²) < 4.78 is 0. The van der Waals surface area contributed by atoms with Crippen molar-refractivity contribution in [2.75, 3.05) is 13.1 Å². The first kappa shape index (κ1) is 16.2. The molecule has 0 aliphatic heterocycles. The zero-order valence-electron chi connectivity index (χ0n) is 11.1. The zero-order chi connectivity index (χ0) is 16.0. The monoisotopic (exact) mass is 293 g/mol. The Morgan fingerprint density at radius 3 is 2.00 bits per heavy atom. The first-order valence-corrected chi connectivity index (χ1v) is 5.97. The number of primary amides is 2. The van der Waals surface area contributed by atoms with Crippen LogP contribution in [0.25, 0.3) is 0 Å². The second-order valence-corrected chi connectivity index (χ2v) is 4.32. The smallest absolute Gasteiger partial charge is 0.335 e. The van der Waals surface area contributed by atoms with Crippen LogP contribution >= 0.6 is 0 Å². The molecule has 0 aliphatic carbocycles. The zero-order valence-corrected chi connectivity index (χ0v) is 11.1. The van der Waals surface area contributed by atoms with Gasteiger partial charge in [-0.05, 0) is 11.6 Å². The van der Waals surface area contributed by atoms with E-state index in [0.717, 1.165) is 4.90 Å². The van der Waals surface area contributed by atoms with Crippen molar-refractivity contribution in [1.29, 1.82) is 0 Å². The average Bonchev–Trinajstić information content (AvgIpc) is 2.37. The highest BCUT2D eigenvalue weighted by Crippen LogP contribution is 2.11. The number of hydrogen-bond donors (Lipinski definition) is 3. The molecule has 0 aliphatic rings. The molecule has 0 radical (unpaired) electrons. The maximum atomic E-state index is 12.1. The van der Waals surface area contributed by atoms with E-state index in [0.29, 0.717) is 0 Å². The highest BCUT2D eigenvalue weighted by Gasteiger charge is 2.20. The Hall–Kier alpha value is -2.90. The van der Waals surface area contributed by atoms with Crippen LogP contribution in [0.3, 0.4) is 0 Å². The lowest BCUT2D eigenvalue weighted by molar-refractivity contribution is -0.137. The number of carbonyl (C=O) groups excluding carboxylic acids is 3. The van der Waals surface area contributed by atoms with E-state index >= 15 is 0 Å². The van der Waals surface area contributed by atoms with Crippen LogP contribution in [0.15, 0.2) is 24.3 Å². The maximum Gasteiger partial charge on any atom is 0.335 e. The molecule has 0 saturated heterocycles. The largest absolute Gasteiger partial charge is 0.478 e. The summed E-state index contributed by atoms with van der Waals surface area (Å²) in [4.78, 5) is 45.8. The number of carboxylic acids is 1. The number of hydrogen-bond acceptors (Lipinski definition) is 4. The van der Waals surface area contributed by atoms with E-state index < -0.39 is 36.8 Å². The minimum atomic E-state index is -1.17. The number of nitrogens with zero attached hydrogens (tertiary/aromatic N) is 1. The van der Waals surface area contributed by atoms with Gasteiger partial charge in [0.15, 0.2) is 0 Å². The van der Waals surface area contributed by atoms with E-state index in [1.165, 1.54) is 18.2 Å². The van der Waals surface area contributed by atoms with Gasteiger partial charge in [-0.15, -0.1) is 0 Å². The predicted molar refractivity (Wildman–Crippen MR) is 72.1 cm³/mol. The first-order valence-electron chi connectivity index (χ1n) is 5.97. The van der Waals surface area contributed by atoms with Gasteiger partial charge in [0.25, 0.3) is 0 Å². The summed E-state index contributed by atoms with van der Waals surface area (Å²) in [7, 11) is 0. The summed E-state index contributed by atoms with van der Waals surface area (Å²) in [5.41, 5.74) is 10.2. The molecule has 3 amide bonds. The molecule has 0 atom stereocenters. The average molecular weight is 293 g/mol. The summed E-state index contributed by atoms with van der Waals surface area (Å²) in [6.45, 7) is -0.923. The van der Waals surface area contributed by atoms with Gasteiger partial charge in [-0.1, -0.05) is 18.2 Å². The molecule has 0 aromatic heterocycles. The van der Waals surface area contributed by atoms with Crippen molar-refractivity contribution in [3.05, 3.63) is 35.4 Å². The Labute approximate surface area is 120 Å². The molecule has 112 valence electrons. The Bertz CT molecular complexity index is 569. The van der Waals surface area contributed by atoms with Gasteiger partial charge in [-0.2, -0.15) is 0 Å². The highest BCUT2D eigenvalue weighted by atomic mass is 16.4. The molecule has 0 fully saturated rings. The Kier molecular flexibility index (Phi) is 5.41. The SMILES string of the molecule is NC(=O)CN(CC(N)=O)C(=O)Cc1ccccc1C(=O)O. The Balaban J connectivity index is 2.93. The molecule has 8 nitrogen and oxygen atoms in total. The minimum Gasteiger partial charge on any atom is -0.478 e. The summed E-state index contributed by atoms with van der Waals surface area (Å²) in [5.74, 6) is -3.37. The Morgan fingerprint density at radius 1 is 1.00 bits per heavy atom. The van der Waals surface area contributed by atoms with Crippen molar-refractivity contribution in [3.63, 3.8) is 0 Å². The van der Waals surface area contributed by atoms with E-state index in [1.54, 1.807) is 6.07 Å². The number of aromatic carboxylic acids is 1. The molecule has 0 heterocycles. The fourth-order valence-corrected chi connectivity index (χ4v) is 1.77. The van der Waals surface area contributed by atoms with Crippen LogP contribution in [0.4, 0.5) is 0 Å². The van der Waals surface area contributed by atoms with Gasteiger partial charge in [-0.3, -0.25) is 14.4 Å². The second kappa shape index (κ2) is 7.04. The molecule has 0 unspecified atom stereocenters. The quantitative estimate of drug-likeness (QED) is 0.574. The Morgan fingerprint density at radius 2 is 1.52 bits per heavy atom. The molecule has 0 spiro atoms. The number of nitrogens with two attached hydrogens (primary N) is 2. The predicted octanol–water partition coefficient (Wildman–Crippen LogP) is -1.27. The topological polar surface area (TPSA) is 144 Å².